The third kappa shape index (κ3) is 4.94. The van der Waals surface area contributed by atoms with E-state index in [-0.39, 0.29) is 0 Å². The summed E-state index contributed by atoms with van der Waals surface area (Å²) < 4.78 is 5.67. The lowest BCUT2D eigenvalue weighted by Crippen LogP contribution is -2.29. The van der Waals surface area contributed by atoms with Crippen LogP contribution in [0, 0.1) is 11.3 Å². The third-order valence-electron chi connectivity index (χ3n) is 3.57. The zero-order valence-corrected chi connectivity index (χ0v) is 14.2. The minimum Gasteiger partial charge on any atom is -0.457 e. The highest BCUT2D eigenvalue weighted by atomic mass is 16.5. The highest BCUT2D eigenvalue weighted by Crippen LogP contribution is 2.22. The zero-order chi connectivity index (χ0) is 19.1. The van der Waals surface area contributed by atoms with Crippen LogP contribution in [0.3, 0.4) is 0 Å². The van der Waals surface area contributed by atoms with Crippen molar-refractivity contribution >= 4 is 23.2 Å². The Morgan fingerprint density at radius 3 is 1.70 bits per heavy atom. The van der Waals surface area contributed by atoms with Crippen LogP contribution in [-0.4, -0.2) is 11.8 Å². The molecule has 0 spiro atoms. The number of rotatable bonds is 4. The molecule has 27 heavy (non-hydrogen) atoms. The van der Waals surface area contributed by atoms with Crippen molar-refractivity contribution in [2.24, 2.45) is 0 Å². The van der Waals surface area contributed by atoms with Crippen molar-refractivity contribution < 1.29 is 14.3 Å². The molecule has 0 radical (unpaired) electrons. The number of anilines is 2. The number of nitrogens with zero attached hydrogens (tertiary/aromatic N) is 1. The molecule has 3 aromatic rings. The number of benzene rings is 3. The molecule has 0 fully saturated rings. The Labute approximate surface area is 156 Å². The molecule has 3 rings (SSSR count). The fourth-order valence-corrected chi connectivity index (χ4v) is 2.23. The lowest BCUT2D eigenvalue weighted by atomic mass is 10.2. The quantitative estimate of drug-likeness (QED) is 0.692. The van der Waals surface area contributed by atoms with Gasteiger partial charge >= 0.3 is 11.8 Å². The molecule has 2 amide bonds. The van der Waals surface area contributed by atoms with Gasteiger partial charge in [-0.2, -0.15) is 5.26 Å². The standard InChI is InChI=1S/C21H15N3O3/c22-14-15-6-8-16(9-7-15)23-20(25)21(26)24-17-10-12-19(13-11-17)27-18-4-2-1-3-5-18/h1-13H,(H,23,25)(H,24,26). The lowest BCUT2D eigenvalue weighted by Gasteiger charge is -2.08. The van der Waals surface area contributed by atoms with E-state index in [2.05, 4.69) is 10.6 Å². The summed E-state index contributed by atoms with van der Waals surface area (Å²) in [5.74, 6) is -0.280. The van der Waals surface area contributed by atoms with E-state index < -0.39 is 11.8 Å². The first-order valence-corrected chi connectivity index (χ1v) is 8.09. The van der Waals surface area contributed by atoms with Crippen LogP contribution in [0.15, 0.2) is 78.9 Å². The summed E-state index contributed by atoms with van der Waals surface area (Å²) in [6, 6.07) is 24.2. The monoisotopic (exact) mass is 357 g/mol. The van der Waals surface area contributed by atoms with Crippen LogP contribution < -0.4 is 15.4 Å². The molecule has 3 aromatic carbocycles. The molecular weight excluding hydrogens is 342 g/mol. The predicted molar refractivity (Wildman–Crippen MR) is 101 cm³/mol. The SMILES string of the molecule is N#Cc1ccc(NC(=O)C(=O)Nc2ccc(Oc3ccccc3)cc2)cc1. The molecule has 2 N–H and O–H groups in total. The van der Waals surface area contributed by atoms with E-state index in [0.717, 1.165) is 0 Å². The van der Waals surface area contributed by atoms with Crippen molar-refractivity contribution in [2.75, 3.05) is 10.6 Å². The largest absolute Gasteiger partial charge is 0.457 e. The Morgan fingerprint density at radius 1 is 0.704 bits per heavy atom. The summed E-state index contributed by atoms with van der Waals surface area (Å²) in [7, 11) is 0. The Kier molecular flexibility index (Phi) is 5.45. The van der Waals surface area contributed by atoms with Crippen molar-refractivity contribution in [3.63, 3.8) is 0 Å². The molecule has 0 aliphatic heterocycles. The van der Waals surface area contributed by atoms with E-state index in [9.17, 15) is 9.59 Å². The van der Waals surface area contributed by atoms with Gasteiger partial charge in [-0.05, 0) is 60.7 Å². The van der Waals surface area contributed by atoms with Crippen LogP contribution in [-0.2, 0) is 9.59 Å². The van der Waals surface area contributed by atoms with Crippen molar-refractivity contribution in [3.8, 4) is 17.6 Å². The lowest BCUT2D eigenvalue weighted by molar-refractivity contribution is -0.132. The van der Waals surface area contributed by atoms with E-state index in [1.165, 1.54) is 0 Å². The highest BCUT2D eigenvalue weighted by Gasteiger charge is 2.14. The van der Waals surface area contributed by atoms with Crippen LogP contribution in [0.4, 0.5) is 11.4 Å². The number of nitrogens with one attached hydrogen (secondary N) is 2. The third-order valence-corrected chi connectivity index (χ3v) is 3.57. The number of hydrogen-bond acceptors (Lipinski definition) is 4. The number of carbonyl (C=O) groups is 2. The molecule has 0 aromatic heterocycles. The summed E-state index contributed by atoms with van der Waals surface area (Å²) in [5, 5.41) is 13.7. The molecule has 6 nitrogen and oxygen atoms in total. The van der Waals surface area contributed by atoms with Crippen molar-refractivity contribution in [2.45, 2.75) is 0 Å². The second kappa shape index (κ2) is 8.32. The van der Waals surface area contributed by atoms with Crippen LogP contribution in [0.2, 0.25) is 0 Å². The minimum absolute atomic E-state index is 0.431. The molecule has 0 bridgehead atoms. The van der Waals surface area contributed by atoms with Crippen LogP contribution in [0.1, 0.15) is 5.56 Å². The first kappa shape index (κ1) is 17.7. The highest BCUT2D eigenvalue weighted by molar-refractivity contribution is 6.43. The second-order valence-electron chi connectivity index (χ2n) is 5.54. The first-order chi connectivity index (χ1) is 13.1. The molecular formula is C21H15N3O3. The van der Waals surface area contributed by atoms with Gasteiger partial charge in [0.1, 0.15) is 11.5 Å². The van der Waals surface area contributed by atoms with Gasteiger partial charge in [-0.1, -0.05) is 18.2 Å². The van der Waals surface area contributed by atoms with Crippen molar-refractivity contribution in [1.82, 2.24) is 0 Å². The Bertz CT molecular complexity index is 976. The molecule has 0 aliphatic rings. The second-order valence-corrected chi connectivity index (χ2v) is 5.54. The Morgan fingerprint density at radius 2 is 1.19 bits per heavy atom. The number of ether oxygens (including phenoxy) is 1. The van der Waals surface area contributed by atoms with E-state index in [1.807, 2.05) is 36.4 Å². The summed E-state index contributed by atoms with van der Waals surface area (Å²) in [6.07, 6.45) is 0. The topological polar surface area (TPSA) is 91.2 Å². The fourth-order valence-electron chi connectivity index (χ4n) is 2.23. The number of para-hydroxylation sites is 1. The smallest absolute Gasteiger partial charge is 0.314 e. The average molecular weight is 357 g/mol. The van der Waals surface area contributed by atoms with Gasteiger partial charge in [0.2, 0.25) is 0 Å². The van der Waals surface area contributed by atoms with Crippen molar-refractivity contribution in [3.05, 3.63) is 84.4 Å². The predicted octanol–water partition coefficient (Wildman–Crippen LogP) is 3.93. The molecule has 0 saturated carbocycles. The summed E-state index contributed by atoms with van der Waals surface area (Å²) in [4.78, 5) is 24.0. The molecule has 0 unspecified atom stereocenters. The van der Waals surface area contributed by atoms with Gasteiger partial charge in [-0.25, -0.2) is 0 Å². The van der Waals surface area contributed by atoms with Gasteiger partial charge in [0.15, 0.2) is 0 Å². The zero-order valence-electron chi connectivity index (χ0n) is 14.2. The van der Waals surface area contributed by atoms with E-state index in [4.69, 9.17) is 10.00 Å². The number of nitriles is 1. The molecule has 132 valence electrons. The normalized spacial score (nSPS) is 9.74. The number of hydrogen-bond donors (Lipinski definition) is 2. The molecule has 0 saturated heterocycles. The van der Waals surface area contributed by atoms with Gasteiger partial charge in [0.25, 0.3) is 0 Å². The van der Waals surface area contributed by atoms with Crippen molar-refractivity contribution in [1.29, 1.82) is 5.26 Å². The molecule has 6 heteroatoms. The maximum absolute atomic E-state index is 12.0. The van der Waals surface area contributed by atoms with Crippen LogP contribution in [0.25, 0.3) is 0 Å². The van der Waals surface area contributed by atoms with Gasteiger partial charge in [-0.15, -0.1) is 0 Å². The summed E-state index contributed by atoms with van der Waals surface area (Å²) in [5.41, 5.74) is 1.37. The van der Waals surface area contributed by atoms with Crippen LogP contribution in [0.5, 0.6) is 11.5 Å². The Balaban J connectivity index is 1.56. The summed E-state index contributed by atoms with van der Waals surface area (Å²) >= 11 is 0. The van der Waals surface area contributed by atoms with E-state index >= 15 is 0 Å². The van der Waals surface area contributed by atoms with E-state index in [1.54, 1.807) is 48.5 Å². The first-order valence-electron chi connectivity index (χ1n) is 8.09. The Hall–Kier alpha value is -4.11. The molecule has 0 heterocycles. The van der Waals surface area contributed by atoms with Gasteiger partial charge in [0, 0.05) is 11.4 Å². The van der Waals surface area contributed by atoms with Gasteiger partial charge in [-0.3, -0.25) is 9.59 Å². The van der Waals surface area contributed by atoms with E-state index in [0.29, 0.717) is 28.4 Å². The molecule has 0 aliphatic carbocycles. The maximum atomic E-state index is 12.0. The molecule has 0 atom stereocenters. The number of amides is 2. The fraction of sp³-hybridized carbons (Fsp3) is 0. The maximum Gasteiger partial charge on any atom is 0.314 e. The summed E-state index contributed by atoms with van der Waals surface area (Å²) in [6.45, 7) is 0. The minimum atomic E-state index is -0.802. The van der Waals surface area contributed by atoms with Gasteiger partial charge < -0.3 is 15.4 Å². The van der Waals surface area contributed by atoms with Crippen LogP contribution >= 0.6 is 0 Å². The number of carbonyl (C=O) groups excluding carboxylic acids is 2. The van der Waals surface area contributed by atoms with Gasteiger partial charge in [0.05, 0.1) is 11.6 Å². The average Bonchev–Trinajstić information content (AvgIpc) is 2.71.